The standard InChI is InChI=1S/C13H22N2O.ClH/c1-8(12(14)16)15-13-5-9-2-10(6-13)4-11(3-9)7-13;/h8-11,15H,2-7H2,1H3,(H2,14,16);1H/t8-,9?,10?,11?,13?;/m0./s1. The summed E-state index contributed by atoms with van der Waals surface area (Å²) in [5, 5.41) is 3.55. The van der Waals surface area contributed by atoms with Crippen molar-refractivity contribution in [1.82, 2.24) is 5.32 Å². The minimum Gasteiger partial charge on any atom is -0.368 e. The van der Waals surface area contributed by atoms with Gasteiger partial charge in [-0.15, -0.1) is 12.4 Å². The number of halogens is 1. The Morgan fingerprint density at radius 2 is 1.59 bits per heavy atom. The number of primary amides is 1. The summed E-state index contributed by atoms with van der Waals surface area (Å²) in [5.41, 5.74) is 5.62. The number of nitrogens with two attached hydrogens (primary N) is 1. The third kappa shape index (κ3) is 2.32. The van der Waals surface area contributed by atoms with E-state index in [1.807, 2.05) is 6.92 Å². The van der Waals surface area contributed by atoms with Gasteiger partial charge in [0.05, 0.1) is 6.04 Å². The van der Waals surface area contributed by atoms with E-state index in [0.717, 1.165) is 17.8 Å². The lowest BCUT2D eigenvalue weighted by atomic mass is 9.53. The Labute approximate surface area is 109 Å². The molecule has 0 aromatic carbocycles. The molecule has 0 spiro atoms. The number of nitrogens with one attached hydrogen (secondary N) is 1. The van der Waals surface area contributed by atoms with Crippen LogP contribution >= 0.6 is 12.4 Å². The molecule has 0 saturated heterocycles. The quantitative estimate of drug-likeness (QED) is 0.812. The molecule has 0 unspecified atom stereocenters. The number of carbonyl (C=O) groups is 1. The molecule has 98 valence electrons. The van der Waals surface area contributed by atoms with E-state index < -0.39 is 0 Å². The Kier molecular flexibility index (Phi) is 3.43. The van der Waals surface area contributed by atoms with Gasteiger partial charge in [-0.05, 0) is 63.2 Å². The van der Waals surface area contributed by atoms with E-state index in [4.69, 9.17) is 5.73 Å². The number of hydrogen-bond acceptors (Lipinski definition) is 2. The van der Waals surface area contributed by atoms with E-state index in [9.17, 15) is 4.79 Å². The maximum atomic E-state index is 11.2. The lowest BCUT2D eigenvalue weighted by Gasteiger charge is -2.57. The fourth-order valence-corrected chi connectivity index (χ4v) is 4.82. The van der Waals surface area contributed by atoms with E-state index >= 15 is 0 Å². The fourth-order valence-electron chi connectivity index (χ4n) is 4.82. The van der Waals surface area contributed by atoms with E-state index in [1.54, 1.807) is 0 Å². The number of amides is 1. The molecule has 4 aliphatic rings. The molecule has 17 heavy (non-hydrogen) atoms. The van der Waals surface area contributed by atoms with Crippen molar-refractivity contribution in [2.75, 3.05) is 0 Å². The van der Waals surface area contributed by atoms with Gasteiger partial charge in [0.15, 0.2) is 0 Å². The molecule has 1 amide bonds. The predicted molar refractivity (Wildman–Crippen MR) is 69.9 cm³/mol. The second kappa shape index (κ2) is 4.43. The van der Waals surface area contributed by atoms with Crippen molar-refractivity contribution < 1.29 is 4.79 Å². The van der Waals surface area contributed by atoms with Gasteiger partial charge in [-0.25, -0.2) is 0 Å². The summed E-state index contributed by atoms with van der Waals surface area (Å²) in [6, 6.07) is -0.170. The van der Waals surface area contributed by atoms with Crippen LogP contribution in [-0.2, 0) is 4.79 Å². The summed E-state index contributed by atoms with van der Waals surface area (Å²) in [5.74, 6) is 2.53. The smallest absolute Gasteiger partial charge is 0.234 e. The van der Waals surface area contributed by atoms with Crippen LogP contribution in [-0.4, -0.2) is 17.5 Å². The number of rotatable bonds is 3. The first-order valence-electron chi connectivity index (χ1n) is 6.63. The Balaban J connectivity index is 0.00000108. The van der Waals surface area contributed by atoms with Crippen molar-refractivity contribution in [2.45, 2.75) is 57.0 Å². The highest BCUT2D eigenvalue weighted by Gasteiger charge is 2.51. The van der Waals surface area contributed by atoms with Crippen LogP contribution in [0.3, 0.4) is 0 Å². The topological polar surface area (TPSA) is 55.1 Å². The zero-order chi connectivity index (χ0) is 11.3. The predicted octanol–water partition coefficient (Wildman–Crippen LogP) is 1.84. The van der Waals surface area contributed by atoms with Crippen molar-refractivity contribution >= 4 is 18.3 Å². The third-order valence-corrected chi connectivity index (χ3v) is 4.99. The summed E-state index contributed by atoms with van der Waals surface area (Å²) in [4.78, 5) is 11.2. The van der Waals surface area contributed by atoms with Crippen LogP contribution in [0, 0.1) is 17.8 Å². The Morgan fingerprint density at radius 3 is 1.94 bits per heavy atom. The SMILES string of the molecule is C[C@H](NC12CC3CC(CC(C3)C1)C2)C(N)=O.Cl. The molecule has 4 fully saturated rings. The molecule has 0 aliphatic heterocycles. The minimum absolute atomic E-state index is 0. The maximum absolute atomic E-state index is 11.2. The first kappa shape index (κ1) is 13.2. The number of carbonyl (C=O) groups excluding carboxylic acids is 1. The van der Waals surface area contributed by atoms with E-state index in [-0.39, 0.29) is 29.9 Å². The second-order valence-corrected chi connectivity index (χ2v) is 6.47. The molecule has 4 bridgehead atoms. The van der Waals surface area contributed by atoms with Crippen molar-refractivity contribution in [3.8, 4) is 0 Å². The van der Waals surface area contributed by atoms with Crippen molar-refractivity contribution in [3.63, 3.8) is 0 Å². The van der Waals surface area contributed by atoms with Crippen LogP contribution in [0.15, 0.2) is 0 Å². The van der Waals surface area contributed by atoms with Crippen LogP contribution < -0.4 is 11.1 Å². The Bertz CT molecular complexity index is 283. The number of hydrogen-bond donors (Lipinski definition) is 2. The summed E-state index contributed by atoms with van der Waals surface area (Å²) in [6.07, 6.45) is 8.13. The van der Waals surface area contributed by atoms with Crippen LogP contribution in [0.4, 0.5) is 0 Å². The molecule has 0 radical (unpaired) electrons. The molecule has 3 nitrogen and oxygen atoms in total. The minimum atomic E-state index is -0.212. The van der Waals surface area contributed by atoms with E-state index in [2.05, 4.69) is 5.32 Å². The van der Waals surface area contributed by atoms with Gasteiger partial charge in [-0.2, -0.15) is 0 Å². The monoisotopic (exact) mass is 258 g/mol. The Morgan fingerprint density at radius 1 is 1.18 bits per heavy atom. The molecule has 1 atom stereocenters. The second-order valence-electron chi connectivity index (χ2n) is 6.47. The van der Waals surface area contributed by atoms with Gasteiger partial charge in [0, 0.05) is 5.54 Å². The van der Waals surface area contributed by atoms with Gasteiger partial charge in [-0.3, -0.25) is 4.79 Å². The van der Waals surface area contributed by atoms with E-state index in [1.165, 1.54) is 38.5 Å². The molecule has 0 aromatic heterocycles. The highest BCUT2D eigenvalue weighted by Crippen LogP contribution is 2.55. The van der Waals surface area contributed by atoms with Crippen LogP contribution in [0.25, 0.3) is 0 Å². The van der Waals surface area contributed by atoms with Gasteiger partial charge < -0.3 is 11.1 Å². The van der Waals surface area contributed by atoms with Gasteiger partial charge in [0.2, 0.25) is 5.91 Å². The molecule has 0 aromatic rings. The molecule has 4 rings (SSSR count). The molecular formula is C13H23ClN2O. The average Bonchev–Trinajstić information content (AvgIpc) is 2.13. The highest BCUT2D eigenvalue weighted by molar-refractivity contribution is 5.85. The van der Waals surface area contributed by atoms with Crippen LogP contribution in [0.5, 0.6) is 0 Å². The van der Waals surface area contributed by atoms with Crippen molar-refractivity contribution in [2.24, 2.45) is 23.5 Å². The lowest BCUT2D eigenvalue weighted by molar-refractivity contribution is -0.121. The fraction of sp³-hybridized carbons (Fsp3) is 0.923. The first-order chi connectivity index (χ1) is 7.56. The molecule has 4 saturated carbocycles. The Hall–Kier alpha value is -0.280. The van der Waals surface area contributed by atoms with Crippen LogP contribution in [0.2, 0.25) is 0 Å². The molecule has 4 aliphatic carbocycles. The summed E-state index contributed by atoms with van der Waals surface area (Å²) in [6.45, 7) is 1.90. The van der Waals surface area contributed by atoms with Gasteiger partial charge in [-0.1, -0.05) is 0 Å². The van der Waals surface area contributed by atoms with Gasteiger partial charge in [0.25, 0.3) is 0 Å². The maximum Gasteiger partial charge on any atom is 0.234 e. The van der Waals surface area contributed by atoms with Crippen LogP contribution in [0.1, 0.15) is 45.4 Å². The van der Waals surface area contributed by atoms with Crippen molar-refractivity contribution in [3.05, 3.63) is 0 Å². The first-order valence-corrected chi connectivity index (χ1v) is 6.63. The summed E-state index contributed by atoms with van der Waals surface area (Å²) in [7, 11) is 0. The largest absolute Gasteiger partial charge is 0.368 e. The molecule has 3 N–H and O–H groups in total. The summed E-state index contributed by atoms with van der Waals surface area (Å²) < 4.78 is 0. The lowest BCUT2D eigenvalue weighted by Crippen LogP contribution is -2.62. The van der Waals surface area contributed by atoms with E-state index in [0.29, 0.717) is 0 Å². The zero-order valence-corrected chi connectivity index (χ0v) is 11.3. The zero-order valence-electron chi connectivity index (χ0n) is 10.4. The molecule has 4 heteroatoms. The van der Waals surface area contributed by atoms with Gasteiger partial charge >= 0.3 is 0 Å². The average molecular weight is 259 g/mol. The highest BCUT2D eigenvalue weighted by atomic mass is 35.5. The van der Waals surface area contributed by atoms with Gasteiger partial charge in [0.1, 0.15) is 0 Å². The normalized spacial score (nSPS) is 44.2. The molecular weight excluding hydrogens is 236 g/mol. The van der Waals surface area contributed by atoms with Crippen molar-refractivity contribution in [1.29, 1.82) is 0 Å². The molecule has 0 heterocycles. The summed E-state index contributed by atoms with van der Waals surface area (Å²) >= 11 is 0. The third-order valence-electron chi connectivity index (χ3n) is 4.99.